The third-order valence-corrected chi connectivity index (χ3v) is 2.44. The Balaban J connectivity index is 2.25. The normalized spacial score (nSPS) is 9.89. The molecule has 0 bridgehead atoms. The maximum atomic E-state index is 11.6. The molecule has 0 saturated carbocycles. The number of benzene rings is 1. The minimum absolute atomic E-state index is 0.182. The van der Waals surface area contributed by atoms with Crippen molar-refractivity contribution >= 4 is 23.4 Å². The molecule has 0 unspecified atom stereocenters. The molecule has 5 nitrogen and oxygen atoms in total. The second kappa shape index (κ2) is 7.68. The maximum Gasteiger partial charge on any atom is 0.251 e. The van der Waals surface area contributed by atoms with E-state index in [0.717, 1.165) is 0 Å². The number of hydrogen-bond acceptors (Lipinski definition) is 3. The van der Waals surface area contributed by atoms with Crippen molar-refractivity contribution in [1.82, 2.24) is 10.8 Å². The zero-order valence-corrected chi connectivity index (χ0v) is 10.8. The highest BCUT2D eigenvalue weighted by atomic mass is 35.5. The first-order chi connectivity index (χ1) is 8.63. The lowest BCUT2D eigenvalue weighted by atomic mass is 10.2. The summed E-state index contributed by atoms with van der Waals surface area (Å²) in [4.78, 5) is 27.1. The van der Waals surface area contributed by atoms with Gasteiger partial charge in [0, 0.05) is 23.6 Å². The Hall–Kier alpha value is -1.59. The van der Waals surface area contributed by atoms with Gasteiger partial charge in [0.1, 0.15) is 0 Å². The number of carbonyl (C=O) groups excluding carboxylic acids is 2. The highest BCUT2D eigenvalue weighted by Gasteiger charge is 2.05. The molecule has 0 aliphatic carbocycles. The Bertz CT molecular complexity index is 406. The van der Waals surface area contributed by atoms with Gasteiger partial charge in [-0.3, -0.25) is 14.4 Å². The molecule has 0 radical (unpaired) electrons. The molecule has 0 aliphatic rings. The van der Waals surface area contributed by atoms with Gasteiger partial charge < -0.3 is 5.32 Å². The fourth-order valence-corrected chi connectivity index (χ4v) is 1.45. The van der Waals surface area contributed by atoms with Crippen LogP contribution in [0.1, 0.15) is 23.2 Å². The van der Waals surface area contributed by atoms with E-state index in [1.165, 1.54) is 7.11 Å². The van der Waals surface area contributed by atoms with Crippen LogP contribution in [0.25, 0.3) is 0 Å². The van der Waals surface area contributed by atoms with E-state index in [2.05, 4.69) is 15.6 Å². The third kappa shape index (κ3) is 5.16. The number of amides is 2. The maximum absolute atomic E-state index is 11.6. The molecule has 0 atom stereocenters. The Morgan fingerprint density at radius 1 is 1.28 bits per heavy atom. The summed E-state index contributed by atoms with van der Waals surface area (Å²) in [5, 5.41) is 3.30. The molecule has 2 amide bonds. The Labute approximate surface area is 110 Å². The summed E-state index contributed by atoms with van der Waals surface area (Å²) < 4.78 is 0. The van der Waals surface area contributed by atoms with E-state index in [0.29, 0.717) is 30.0 Å². The van der Waals surface area contributed by atoms with Crippen molar-refractivity contribution in [2.75, 3.05) is 13.7 Å². The third-order valence-electron chi connectivity index (χ3n) is 2.19. The van der Waals surface area contributed by atoms with Crippen LogP contribution in [-0.4, -0.2) is 25.5 Å². The molecule has 6 heteroatoms. The van der Waals surface area contributed by atoms with Crippen LogP contribution in [0.2, 0.25) is 5.02 Å². The van der Waals surface area contributed by atoms with Crippen LogP contribution in [-0.2, 0) is 9.63 Å². The van der Waals surface area contributed by atoms with Crippen LogP contribution in [0, 0.1) is 0 Å². The minimum atomic E-state index is -0.210. The van der Waals surface area contributed by atoms with Crippen molar-refractivity contribution < 1.29 is 14.4 Å². The van der Waals surface area contributed by atoms with E-state index in [-0.39, 0.29) is 11.8 Å². The molecule has 0 heterocycles. The van der Waals surface area contributed by atoms with E-state index < -0.39 is 0 Å². The van der Waals surface area contributed by atoms with Crippen molar-refractivity contribution in [3.8, 4) is 0 Å². The molecule has 0 aromatic heterocycles. The van der Waals surface area contributed by atoms with Crippen molar-refractivity contribution in [1.29, 1.82) is 0 Å². The van der Waals surface area contributed by atoms with Gasteiger partial charge in [-0.2, -0.15) is 0 Å². The summed E-state index contributed by atoms with van der Waals surface area (Å²) in [7, 11) is 1.38. The Morgan fingerprint density at radius 2 is 1.94 bits per heavy atom. The minimum Gasteiger partial charge on any atom is -0.352 e. The van der Waals surface area contributed by atoms with Crippen LogP contribution in [0.5, 0.6) is 0 Å². The number of hydroxylamine groups is 1. The highest BCUT2D eigenvalue weighted by molar-refractivity contribution is 6.30. The monoisotopic (exact) mass is 270 g/mol. The van der Waals surface area contributed by atoms with Crippen LogP contribution in [0.15, 0.2) is 24.3 Å². The fourth-order valence-electron chi connectivity index (χ4n) is 1.32. The summed E-state index contributed by atoms with van der Waals surface area (Å²) in [5.74, 6) is -0.392. The van der Waals surface area contributed by atoms with Gasteiger partial charge in [-0.1, -0.05) is 11.6 Å². The van der Waals surface area contributed by atoms with E-state index in [9.17, 15) is 9.59 Å². The van der Waals surface area contributed by atoms with Gasteiger partial charge in [0.2, 0.25) is 5.91 Å². The van der Waals surface area contributed by atoms with Gasteiger partial charge in [-0.25, -0.2) is 5.48 Å². The average molecular weight is 271 g/mol. The zero-order valence-electron chi connectivity index (χ0n) is 10.0. The lowest BCUT2D eigenvalue weighted by Gasteiger charge is -2.05. The van der Waals surface area contributed by atoms with Crippen molar-refractivity contribution in [2.45, 2.75) is 12.8 Å². The van der Waals surface area contributed by atoms with Gasteiger partial charge in [-0.15, -0.1) is 0 Å². The predicted octanol–water partition coefficient (Wildman–Crippen LogP) is 1.53. The van der Waals surface area contributed by atoms with E-state index in [1.54, 1.807) is 24.3 Å². The quantitative estimate of drug-likeness (QED) is 0.608. The van der Waals surface area contributed by atoms with Crippen molar-refractivity contribution in [2.24, 2.45) is 0 Å². The second-order valence-electron chi connectivity index (χ2n) is 3.60. The summed E-state index contributed by atoms with van der Waals surface area (Å²) in [6, 6.07) is 6.61. The molecule has 1 aromatic rings. The molecule has 18 heavy (non-hydrogen) atoms. The predicted molar refractivity (Wildman–Crippen MR) is 68.2 cm³/mol. The Morgan fingerprint density at radius 3 is 2.56 bits per heavy atom. The number of carbonyl (C=O) groups is 2. The van der Waals surface area contributed by atoms with E-state index >= 15 is 0 Å². The molecular formula is C12H15ClN2O3. The van der Waals surface area contributed by atoms with E-state index in [1.807, 2.05) is 0 Å². The van der Waals surface area contributed by atoms with Gasteiger partial charge in [0.15, 0.2) is 0 Å². The molecule has 1 aromatic carbocycles. The van der Waals surface area contributed by atoms with Crippen LogP contribution < -0.4 is 10.8 Å². The molecule has 0 aliphatic heterocycles. The first kappa shape index (κ1) is 14.5. The number of hydrogen-bond donors (Lipinski definition) is 2. The SMILES string of the molecule is CONC(=O)CCCNC(=O)c1ccc(Cl)cc1. The summed E-state index contributed by atoms with van der Waals surface area (Å²) in [5.41, 5.74) is 2.75. The zero-order chi connectivity index (χ0) is 13.4. The van der Waals surface area contributed by atoms with Gasteiger partial charge in [0.05, 0.1) is 7.11 Å². The molecular weight excluding hydrogens is 256 g/mol. The van der Waals surface area contributed by atoms with Crippen LogP contribution in [0.3, 0.4) is 0 Å². The first-order valence-corrected chi connectivity index (χ1v) is 5.87. The molecule has 0 saturated heterocycles. The Kier molecular flexibility index (Phi) is 6.18. The fraction of sp³-hybridized carbons (Fsp3) is 0.333. The summed E-state index contributed by atoms with van der Waals surface area (Å²) in [6.07, 6.45) is 0.850. The smallest absolute Gasteiger partial charge is 0.251 e. The van der Waals surface area contributed by atoms with Crippen LogP contribution in [0.4, 0.5) is 0 Å². The summed E-state index contributed by atoms with van der Waals surface area (Å²) in [6.45, 7) is 0.429. The largest absolute Gasteiger partial charge is 0.352 e. The molecule has 98 valence electrons. The van der Waals surface area contributed by atoms with Crippen LogP contribution >= 0.6 is 11.6 Å². The highest BCUT2D eigenvalue weighted by Crippen LogP contribution is 2.09. The van der Waals surface area contributed by atoms with Crippen molar-refractivity contribution in [3.05, 3.63) is 34.9 Å². The molecule has 1 rings (SSSR count). The summed E-state index contributed by atoms with van der Waals surface area (Å²) >= 11 is 5.72. The average Bonchev–Trinajstić information content (AvgIpc) is 2.35. The second-order valence-corrected chi connectivity index (χ2v) is 4.03. The lowest BCUT2D eigenvalue weighted by molar-refractivity contribution is -0.131. The van der Waals surface area contributed by atoms with Gasteiger partial charge >= 0.3 is 0 Å². The molecule has 0 fully saturated rings. The number of halogens is 1. The topological polar surface area (TPSA) is 67.4 Å². The molecule has 0 spiro atoms. The number of rotatable bonds is 6. The van der Waals surface area contributed by atoms with E-state index in [4.69, 9.17) is 11.6 Å². The number of nitrogens with one attached hydrogen (secondary N) is 2. The van der Waals surface area contributed by atoms with Crippen molar-refractivity contribution in [3.63, 3.8) is 0 Å². The lowest BCUT2D eigenvalue weighted by Crippen LogP contribution is -2.27. The van der Waals surface area contributed by atoms with Gasteiger partial charge in [-0.05, 0) is 30.7 Å². The standard InChI is InChI=1S/C12H15ClN2O3/c1-18-15-11(16)3-2-8-14-12(17)9-4-6-10(13)7-5-9/h4-7H,2-3,8H2,1H3,(H,14,17)(H,15,16). The van der Waals surface area contributed by atoms with Gasteiger partial charge in [0.25, 0.3) is 5.91 Å². The first-order valence-electron chi connectivity index (χ1n) is 5.49. The molecule has 2 N–H and O–H groups in total.